The quantitative estimate of drug-likeness (QED) is 0.183. The van der Waals surface area contributed by atoms with Crippen LogP contribution in [0.15, 0.2) is 60.7 Å². The Bertz CT molecular complexity index is 1270. The number of rotatable bonds is 6. The molecule has 0 fully saturated rings. The summed E-state index contributed by atoms with van der Waals surface area (Å²) in [6, 6.07) is 18.3. The van der Waals surface area contributed by atoms with Gasteiger partial charge in [-0.2, -0.15) is 0 Å². The molecule has 0 radical (unpaired) electrons. The molecular weight excluding hydrogens is 447 g/mol. The fourth-order valence-corrected chi connectivity index (χ4v) is 3.68. The molecule has 2 aromatic carbocycles. The number of unbranched alkanes of at least 4 members (excludes halogenated alkanes) is 2. The van der Waals surface area contributed by atoms with Crippen molar-refractivity contribution in [1.82, 2.24) is 9.97 Å². The lowest BCUT2D eigenvalue weighted by atomic mass is 10.0. The van der Waals surface area contributed by atoms with Crippen LogP contribution in [0.4, 0.5) is 0 Å². The van der Waals surface area contributed by atoms with Crippen LogP contribution >= 0.6 is 23.2 Å². The Morgan fingerprint density at radius 2 is 1.31 bits per heavy atom. The van der Waals surface area contributed by atoms with Crippen LogP contribution in [-0.2, 0) is 0 Å². The van der Waals surface area contributed by atoms with Crippen LogP contribution in [0.5, 0.6) is 0 Å². The summed E-state index contributed by atoms with van der Waals surface area (Å²) in [4.78, 5) is 31.1. The molecular formula is C25H22Cl2N2O3. The van der Waals surface area contributed by atoms with Gasteiger partial charge >= 0.3 is 5.97 Å². The number of halogens is 2. The number of hydrogen-bond donors (Lipinski definition) is 1. The van der Waals surface area contributed by atoms with Gasteiger partial charge in [0, 0.05) is 17.2 Å². The number of carbonyl (C=O) groups is 2. The van der Waals surface area contributed by atoms with E-state index in [1.165, 1.54) is 6.07 Å². The Kier molecular flexibility index (Phi) is 8.14. The van der Waals surface area contributed by atoms with Crippen molar-refractivity contribution >= 4 is 56.8 Å². The van der Waals surface area contributed by atoms with Crippen molar-refractivity contribution in [3.8, 4) is 0 Å². The number of nitrogens with zero attached hydrogens (tertiary/aromatic N) is 2. The first-order valence-corrected chi connectivity index (χ1v) is 11.0. The summed E-state index contributed by atoms with van der Waals surface area (Å²) >= 11 is 11.8. The fraction of sp³-hybridized carbons (Fsp3) is 0.200. The number of Topliss-reactive ketones (excluding diaryl/α,β-unsaturated/α-hetero) is 1. The third kappa shape index (κ3) is 5.81. The van der Waals surface area contributed by atoms with Crippen LogP contribution in [0, 0.1) is 0 Å². The number of hydrogen-bond acceptors (Lipinski definition) is 4. The normalized spacial score (nSPS) is 10.6. The van der Waals surface area contributed by atoms with Gasteiger partial charge in [-0.15, -0.1) is 0 Å². The minimum atomic E-state index is -1.06. The Labute approximate surface area is 196 Å². The van der Waals surface area contributed by atoms with Gasteiger partial charge in [-0.05, 0) is 30.7 Å². The van der Waals surface area contributed by atoms with Crippen LogP contribution in [0.1, 0.15) is 53.3 Å². The standard InChI is InChI=1S/C15H16ClNO.C10H6ClNO2/c1-2-3-4-9-14(18)12-10-11-7-5-6-8-13(11)17-15(12)16;11-9-7(10(13)14)5-6-3-1-2-4-8(6)12-9/h5-8,10H,2-4,9H2,1H3;1-5H,(H,13,14). The summed E-state index contributed by atoms with van der Waals surface area (Å²) in [5.74, 6) is -0.972. The zero-order valence-electron chi connectivity index (χ0n) is 17.5. The zero-order valence-corrected chi connectivity index (χ0v) is 19.0. The zero-order chi connectivity index (χ0) is 23.1. The summed E-state index contributed by atoms with van der Waals surface area (Å²) in [7, 11) is 0. The molecule has 0 saturated heterocycles. The summed E-state index contributed by atoms with van der Waals surface area (Å²) in [5, 5.41) is 10.9. The van der Waals surface area contributed by atoms with Gasteiger partial charge in [0.2, 0.25) is 0 Å². The number of fused-ring (bicyclic) bond motifs is 2. The van der Waals surface area contributed by atoms with E-state index in [9.17, 15) is 9.59 Å². The van der Waals surface area contributed by atoms with Gasteiger partial charge < -0.3 is 5.11 Å². The number of para-hydroxylation sites is 2. The molecule has 2 aromatic heterocycles. The van der Waals surface area contributed by atoms with Gasteiger partial charge in [0.05, 0.1) is 22.2 Å². The predicted octanol–water partition coefficient (Wildman–Crippen LogP) is 7.24. The van der Waals surface area contributed by atoms with Crippen molar-refractivity contribution in [2.75, 3.05) is 0 Å². The maximum Gasteiger partial charge on any atom is 0.338 e. The fourth-order valence-electron chi connectivity index (χ4n) is 3.20. The van der Waals surface area contributed by atoms with Crippen molar-refractivity contribution in [3.63, 3.8) is 0 Å². The average Bonchev–Trinajstić information content (AvgIpc) is 2.78. The van der Waals surface area contributed by atoms with Gasteiger partial charge in [0.1, 0.15) is 10.3 Å². The topological polar surface area (TPSA) is 80.2 Å². The highest BCUT2D eigenvalue weighted by molar-refractivity contribution is 6.33. The van der Waals surface area contributed by atoms with E-state index in [0.717, 1.165) is 35.6 Å². The SMILES string of the molecule is CCCCCC(=O)c1cc2ccccc2nc1Cl.O=C(O)c1cc2ccccc2nc1Cl. The lowest BCUT2D eigenvalue weighted by molar-refractivity contribution is 0.0696. The monoisotopic (exact) mass is 468 g/mol. The van der Waals surface area contributed by atoms with E-state index in [2.05, 4.69) is 16.9 Å². The number of aromatic carboxylic acids is 1. The van der Waals surface area contributed by atoms with Crippen molar-refractivity contribution in [1.29, 1.82) is 0 Å². The number of carboxylic acid groups (broad SMARTS) is 1. The molecule has 2 heterocycles. The van der Waals surface area contributed by atoms with E-state index in [0.29, 0.717) is 22.7 Å². The maximum atomic E-state index is 12.1. The highest BCUT2D eigenvalue weighted by Crippen LogP contribution is 2.22. The third-order valence-electron chi connectivity index (χ3n) is 4.89. The first kappa shape index (κ1) is 23.6. The summed E-state index contributed by atoms with van der Waals surface area (Å²) in [6.07, 6.45) is 3.65. The van der Waals surface area contributed by atoms with Gasteiger partial charge in [-0.3, -0.25) is 4.79 Å². The molecule has 4 rings (SSSR count). The maximum absolute atomic E-state index is 12.1. The number of aromatic nitrogens is 2. The summed E-state index contributed by atoms with van der Waals surface area (Å²) < 4.78 is 0. The van der Waals surface area contributed by atoms with E-state index in [-0.39, 0.29) is 16.5 Å². The Morgan fingerprint density at radius 3 is 1.84 bits per heavy atom. The van der Waals surface area contributed by atoms with Gasteiger partial charge in [-0.25, -0.2) is 14.8 Å². The molecule has 0 atom stereocenters. The molecule has 7 heteroatoms. The molecule has 4 aromatic rings. The number of benzene rings is 2. The lowest BCUT2D eigenvalue weighted by Gasteiger charge is -2.05. The highest BCUT2D eigenvalue weighted by atomic mass is 35.5. The molecule has 0 saturated carbocycles. The molecule has 0 aliphatic carbocycles. The van der Waals surface area contributed by atoms with Crippen molar-refractivity contribution in [2.24, 2.45) is 0 Å². The molecule has 5 nitrogen and oxygen atoms in total. The van der Waals surface area contributed by atoms with Gasteiger partial charge in [0.25, 0.3) is 0 Å². The van der Waals surface area contributed by atoms with E-state index in [1.54, 1.807) is 12.1 Å². The smallest absolute Gasteiger partial charge is 0.338 e. The van der Waals surface area contributed by atoms with Crippen LogP contribution in [0.2, 0.25) is 10.3 Å². The van der Waals surface area contributed by atoms with Crippen molar-refractivity contribution < 1.29 is 14.7 Å². The number of carboxylic acids is 1. The third-order valence-corrected chi connectivity index (χ3v) is 5.47. The van der Waals surface area contributed by atoms with E-state index in [4.69, 9.17) is 28.3 Å². The van der Waals surface area contributed by atoms with E-state index >= 15 is 0 Å². The van der Waals surface area contributed by atoms with Crippen molar-refractivity contribution in [3.05, 3.63) is 82.1 Å². The summed E-state index contributed by atoms with van der Waals surface area (Å²) in [5.41, 5.74) is 2.10. The minimum Gasteiger partial charge on any atom is -0.478 e. The molecule has 0 aliphatic heterocycles. The first-order chi connectivity index (χ1) is 15.4. The van der Waals surface area contributed by atoms with Gasteiger partial charge in [0.15, 0.2) is 5.78 Å². The molecule has 0 amide bonds. The molecule has 0 unspecified atom stereocenters. The number of carbonyl (C=O) groups excluding carboxylic acids is 1. The van der Waals surface area contributed by atoms with Crippen LogP contribution < -0.4 is 0 Å². The molecule has 32 heavy (non-hydrogen) atoms. The first-order valence-electron chi connectivity index (χ1n) is 10.3. The number of ketones is 1. The van der Waals surface area contributed by atoms with Crippen LogP contribution in [0.3, 0.4) is 0 Å². The molecule has 0 aliphatic rings. The number of pyridine rings is 2. The second kappa shape index (κ2) is 11.0. The minimum absolute atomic E-state index is 0.0243. The van der Waals surface area contributed by atoms with Gasteiger partial charge in [-0.1, -0.05) is 79.4 Å². The summed E-state index contributed by atoms with van der Waals surface area (Å²) in [6.45, 7) is 2.12. The molecule has 0 spiro atoms. The Balaban J connectivity index is 0.000000186. The Morgan fingerprint density at radius 1 is 0.812 bits per heavy atom. The second-order valence-corrected chi connectivity index (χ2v) is 7.94. The second-order valence-electron chi connectivity index (χ2n) is 7.22. The highest BCUT2D eigenvalue weighted by Gasteiger charge is 2.13. The van der Waals surface area contributed by atoms with Crippen LogP contribution in [-0.4, -0.2) is 26.8 Å². The largest absolute Gasteiger partial charge is 0.478 e. The molecule has 0 bridgehead atoms. The molecule has 1 N–H and O–H groups in total. The average molecular weight is 469 g/mol. The lowest BCUT2D eigenvalue weighted by Crippen LogP contribution is -2.01. The van der Waals surface area contributed by atoms with E-state index < -0.39 is 5.97 Å². The van der Waals surface area contributed by atoms with E-state index in [1.807, 2.05) is 42.5 Å². The molecule has 164 valence electrons. The Hall–Kier alpha value is -3.02. The van der Waals surface area contributed by atoms with Crippen molar-refractivity contribution in [2.45, 2.75) is 32.6 Å². The van der Waals surface area contributed by atoms with Crippen LogP contribution in [0.25, 0.3) is 21.8 Å². The predicted molar refractivity (Wildman–Crippen MR) is 129 cm³/mol.